The third-order valence-electron chi connectivity index (χ3n) is 3.85. The fourth-order valence-electron chi connectivity index (χ4n) is 2.36. The number of nitrogens with zero attached hydrogens (tertiary/aromatic N) is 2. The van der Waals surface area contributed by atoms with E-state index >= 15 is 0 Å². The molecule has 2 rings (SSSR count). The minimum atomic E-state index is -4.47. The van der Waals surface area contributed by atoms with Gasteiger partial charge in [0.25, 0.3) is 0 Å². The number of pyridine rings is 1. The van der Waals surface area contributed by atoms with E-state index in [1.165, 1.54) is 6.07 Å². The van der Waals surface area contributed by atoms with E-state index in [-0.39, 0.29) is 16.2 Å². The molecule has 0 atom stereocenters. The molecule has 0 unspecified atom stereocenters. The highest BCUT2D eigenvalue weighted by Gasteiger charge is 2.34. The maximum Gasteiger partial charge on any atom is 0.433 e. The summed E-state index contributed by atoms with van der Waals surface area (Å²) in [7, 11) is 0. The van der Waals surface area contributed by atoms with Gasteiger partial charge in [-0.2, -0.15) is 13.2 Å². The number of nitrogens with two attached hydrogens (primary N) is 1. The molecule has 1 aliphatic heterocycles. The molecule has 2 N–H and O–H groups in total. The molecule has 3 nitrogen and oxygen atoms in total. The van der Waals surface area contributed by atoms with Gasteiger partial charge in [0.05, 0.1) is 5.56 Å². The van der Waals surface area contributed by atoms with Crippen molar-refractivity contribution in [1.82, 2.24) is 4.98 Å². The molecule has 1 fully saturated rings. The first-order valence-corrected chi connectivity index (χ1v) is 7.14. The number of rotatable bonds is 2. The molecule has 1 aromatic heterocycles. The lowest BCUT2D eigenvalue weighted by atomic mass is 9.82. The molecule has 0 spiro atoms. The Bertz CT molecular complexity index is 545. The summed E-state index contributed by atoms with van der Waals surface area (Å²) in [5, 5.41) is 0. The van der Waals surface area contributed by atoms with Crippen molar-refractivity contribution in [2.75, 3.05) is 18.0 Å². The van der Waals surface area contributed by atoms with Crippen molar-refractivity contribution in [2.45, 2.75) is 32.9 Å². The molecule has 1 aliphatic rings. The van der Waals surface area contributed by atoms with E-state index in [4.69, 9.17) is 18.0 Å². The van der Waals surface area contributed by atoms with Gasteiger partial charge in [0.15, 0.2) is 0 Å². The molecule has 0 aromatic carbocycles. The van der Waals surface area contributed by atoms with Crippen LogP contribution in [0.1, 0.15) is 37.9 Å². The third kappa shape index (κ3) is 3.64. The molecule has 0 aliphatic carbocycles. The average molecular weight is 317 g/mol. The van der Waals surface area contributed by atoms with Crippen LogP contribution in [0.15, 0.2) is 12.1 Å². The standard InChI is InChI=1S/C14H18F3N3S/c1-13(2)5-7-20(8-6-13)12-9(11(18)21)3-4-10(19-12)14(15,16)17/h3-4H,5-8H2,1-2H3,(H2,18,21). The highest BCUT2D eigenvalue weighted by atomic mass is 32.1. The average Bonchev–Trinajstić information content (AvgIpc) is 2.37. The Kier molecular flexibility index (Phi) is 4.15. The summed E-state index contributed by atoms with van der Waals surface area (Å²) in [4.78, 5) is 5.68. The summed E-state index contributed by atoms with van der Waals surface area (Å²) in [6, 6.07) is 2.24. The maximum absolute atomic E-state index is 12.8. The maximum atomic E-state index is 12.8. The van der Waals surface area contributed by atoms with Crippen LogP contribution in [0.4, 0.5) is 19.0 Å². The number of hydrogen-bond donors (Lipinski definition) is 1. The van der Waals surface area contributed by atoms with Gasteiger partial charge in [-0.25, -0.2) is 4.98 Å². The highest BCUT2D eigenvalue weighted by molar-refractivity contribution is 7.80. The van der Waals surface area contributed by atoms with Gasteiger partial charge in [-0.05, 0) is 30.4 Å². The fraction of sp³-hybridized carbons (Fsp3) is 0.571. The SMILES string of the molecule is CC1(C)CCN(c2nc(C(F)(F)F)ccc2C(N)=S)CC1. The fourth-order valence-corrected chi connectivity index (χ4v) is 2.52. The smallest absolute Gasteiger partial charge is 0.389 e. The Labute approximate surface area is 127 Å². The zero-order valence-corrected chi connectivity index (χ0v) is 12.8. The first kappa shape index (κ1) is 16.0. The van der Waals surface area contributed by atoms with Gasteiger partial charge < -0.3 is 10.6 Å². The largest absolute Gasteiger partial charge is 0.433 e. The first-order valence-electron chi connectivity index (χ1n) is 6.73. The molecule has 1 saturated heterocycles. The van der Waals surface area contributed by atoms with Crippen LogP contribution in [0.3, 0.4) is 0 Å². The van der Waals surface area contributed by atoms with E-state index in [0.29, 0.717) is 18.7 Å². The summed E-state index contributed by atoms with van der Waals surface area (Å²) in [6.45, 7) is 5.60. The van der Waals surface area contributed by atoms with Gasteiger partial charge in [0, 0.05) is 13.1 Å². The van der Waals surface area contributed by atoms with E-state index in [1.54, 1.807) is 0 Å². The summed E-state index contributed by atoms with van der Waals surface area (Å²) in [6.07, 6.45) is -2.69. The molecule has 1 aromatic rings. The van der Waals surface area contributed by atoms with Crippen molar-refractivity contribution in [2.24, 2.45) is 11.1 Å². The molecule has 0 radical (unpaired) electrons. The van der Waals surface area contributed by atoms with Crippen LogP contribution in [0.2, 0.25) is 0 Å². The number of anilines is 1. The second-order valence-electron chi connectivity index (χ2n) is 6.08. The van der Waals surface area contributed by atoms with Gasteiger partial charge in [-0.1, -0.05) is 26.1 Å². The van der Waals surface area contributed by atoms with Crippen molar-refractivity contribution in [3.8, 4) is 0 Å². The van der Waals surface area contributed by atoms with Gasteiger partial charge in [-0.3, -0.25) is 0 Å². The third-order valence-corrected chi connectivity index (χ3v) is 4.07. The Balaban J connectivity index is 2.38. The Morgan fingerprint density at radius 3 is 2.33 bits per heavy atom. The van der Waals surface area contributed by atoms with E-state index in [9.17, 15) is 13.2 Å². The molecule has 21 heavy (non-hydrogen) atoms. The quantitative estimate of drug-likeness (QED) is 0.849. The number of alkyl halides is 3. The van der Waals surface area contributed by atoms with Crippen molar-refractivity contribution in [1.29, 1.82) is 0 Å². The number of piperidine rings is 1. The van der Waals surface area contributed by atoms with Crippen molar-refractivity contribution in [3.05, 3.63) is 23.4 Å². The minimum Gasteiger partial charge on any atom is -0.389 e. The van der Waals surface area contributed by atoms with Gasteiger partial charge in [0.2, 0.25) is 0 Å². The molecule has 116 valence electrons. The number of halogens is 3. The summed E-state index contributed by atoms with van der Waals surface area (Å²) >= 11 is 4.93. The molecule has 7 heteroatoms. The predicted octanol–water partition coefficient (Wildman–Crippen LogP) is 3.36. The number of thiocarbonyl (C=S) groups is 1. The Morgan fingerprint density at radius 2 is 1.86 bits per heavy atom. The molecule has 2 heterocycles. The Hall–Kier alpha value is -1.37. The van der Waals surface area contributed by atoms with E-state index in [2.05, 4.69) is 18.8 Å². The normalized spacial score (nSPS) is 18.6. The molecule has 0 saturated carbocycles. The van der Waals surface area contributed by atoms with Crippen LogP contribution < -0.4 is 10.6 Å². The lowest BCUT2D eigenvalue weighted by Gasteiger charge is -2.38. The highest BCUT2D eigenvalue weighted by Crippen LogP contribution is 2.35. The molecule has 0 amide bonds. The lowest BCUT2D eigenvalue weighted by Crippen LogP contribution is -2.39. The molecule has 0 bridgehead atoms. The van der Waals surface area contributed by atoms with Crippen LogP contribution >= 0.6 is 12.2 Å². The van der Waals surface area contributed by atoms with Crippen LogP contribution in [-0.2, 0) is 6.18 Å². The number of hydrogen-bond acceptors (Lipinski definition) is 3. The van der Waals surface area contributed by atoms with Crippen molar-refractivity contribution < 1.29 is 13.2 Å². The van der Waals surface area contributed by atoms with Crippen LogP contribution in [0, 0.1) is 5.41 Å². The first-order chi connectivity index (χ1) is 9.60. The minimum absolute atomic E-state index is 0.0658. The van der Waals surface area contributed by atoms with Crippen molar-refractivity contribution in [3.63, 3.8) is 0 Å². The zero-order valence-electron chi connectivity index (χ0n) is 12.0. The lowest BCUT2D eigenvalue weighted by molar-refractivity contribution is -0.141. The zero-order chi connectivity index (χ0) is 15.8. The topological polar surface area (TPSA) is 42.2 Å². The van der Waals surface area contributed by atoms with Gasteiger partial charge >= 0.3 is 6.18 Å². The molecular weight excluding hydrogens is 299 g/mol. The summed E-state index contributed by atoms with van der Waals surface area (Å²) < 4.78 is 38.5. The monoisotopic (exact) mass is 317 g/mol. The van der Waals surface area contributed by atoms with E-state index in [1.807, 2.05) is 4.90 Å². The van der Waals surface area contributed by atoms with Gasteiger partial charge in [-0.15, -0.1) is 0 Å². The summed E-state index contributed by atoms with van der Waals surface area (Å²) in [5.41, 5.74) is 5.30. The van der Waals surface area contributed by atoms with E-state index < -0.39 is 11.9 Å². The Morgan fingerprint density at radius 1 is 1.29 bits per heavy atom. The summed E-state index contributed by atoms with van der Waals surface area (Å²) in [5.74, 6) is 0.243. The van der Waals surface area contributed by atoms with E-state index in [0.717, 1.165) is 18.9 Å². The second-order valence-corrected chi connectivity index (χ2v) is 6.52. The number of aromatic nitrogens is 1. The van der Waals surface area contributed by atoms with Gasteiger partial charge in [0.1, 0.15) is 16.5 Å². The van der Waals surface area contributed by atoms with Crippen LogP contribution in [0.25, 0.3) is 0 Å². The second kappa shape index (κ2) is 5.44. The van der Waals surface area contributed by atoms with Crippen LogP contribution in [-0.4, -0.2) is 23.1 Å². The van der Waals surface area contributed by atoms with Crippen molar-refractivity contribution >= 4 is 23.0 Å². The predicted molar refractivity (Wildman–Crippen MR) is 80.4 cm³/mol. The van der Waals surface area contributed by atoms with Crippen LogP contribution in [0.5, 0.6) is 0 Å². The molecular formula is C14H18F3N3S.